The number of nitrogens with one attached hydrogen (secondary N) is 1. The van der Waals surface area contributed by atoms with Crippen molar-refractivity contribution in [1.82, 2.24) is 15.1 Å². The summed E-state index contributed by atoms with van der Waals surface area (Å²) >= 11 is 3.53. The molecule has 0 aromatic heterocycles. The molecule has 0 aliphatic carbocycles. The number of guanidine groups is 1. The maximum Gasteiger partial charge on any atom is 0.224 e. The molecular weight excluding hydrogens is 380 g/mol. The Morgan fingerprint density at radius 3 is 2.72 bits per heavy atom. The van der Waals surface area contributed by atoms with Crippen molar-refractivity contribution in [2.24, 2.45) is 10.4 Å². The molecule has 1 fully saturated rings. The fraction of sp³-hybridized carbons (Fsp3) is 0.579. The van der Waals surface area contributed by atoms with Crippen LogP contribution in [0.25, 0.3) is 0 Å². The van der Waals surface area contributed by atoms with Gasteiger partial charge in [0.05, 0.1) is 0 Å². The summed E-state index contributed by atoms with van der Waals surface area (Å²) in [5, 5.41) is 3.33. The van der Waals surface area contributed by atoms with Crippen LogP contribution in [0.15, 0.2) is 33.7 Å². The van der Waals surface area contributed by atoms with Crippen molar-refractivity contribution >= 4 is 27.8 Å². The molecule has 1 heterocycles. The molecule has 138 valence electrons. The SMILES string of the molecule is CN=C(NCCC(=O)N(C)Cc1ccccc1Br)N1CCC(C)(C)C1. The third-order valence-electron chi connectivity index (χ3n) is 4.60. The molecule has 0 radical (unpaired) electrons. The predicted molar refractivity (Wildman–Crippen MR) is 107 cm³/mol. The molecule has 1 amide bonds. The number of hydrogen-bond donors (Lipinski definition) is 1. The quantitative estimate of drug-likeness (QED) is 0.601. The highest BCUT2D eigenvalue weighted by atomic mass is 79.9. The van der Waals surface area contributed by atoms with Gasteiger partial charge in [-0.3, -0.25) is 9.79 Å². The molecule has 0 atom stereocenters. The third kappa shape index (κ3) is 5.73. The number of carbonyl (C=O) groups excluding carboxylic acids is 1. The van der Waals surface area contributed by atoms with E-state index in [0.717, 1.165) is 29.1 Å². The third-order valence-corrected chi connectivity index (χ3v) is 5.38. The second kappa shape index (κ2) is 8.70. The van der Waals surface area contributed by atoms with Crippen LogP contribution in [0.1, 0.15) is 32.3 Å². The van der Waals surface area contributed by atoms with Crippen molar-refractivity contribution in [3.8, 4) is 0 Å². The van der Waals surface area contributed by atoms with E-state index in [4.69, 9.17) is 0 Å². The van der Waals surface area contributed by atoms with Gasteiger partial charge in [-0.2, -0.15) is 0 Å². The first kappa shape index (κ1) is 19.8. The Hall–Kier alpha value is -1.56. The first-order valence-corrected chi connectivity index (χ1v) is 9.55. The van der Waals surface area contributed by atoms with Gasteiger partial charge in [-0.05, 0) is 23.5 Å². The minimum atomic E-state index is 0.125. The Bertz CT molecular complexity index is 630. The maximum atomic E-state index is 12.4. The van der Waals surface area contributed by atoms with Gasteiger partial charge in [0.15, 0.2) is 5.96 Å². The molecule has 0 saturated carbocycles. The van der Waals surface area contributed by atoms with E-state index >= 15 is 0 Å². The van der Waals surface area contributed by atoms with Crippen molar-refractivity contribution in [1.29, 1.82) is 0 Å². The summed E-state index contributed by atoms with van der Waals surface area (Å²) in [5.41, 5.74) is 1.44. The molecule has 0 bridgehead atoms. The summed E-state index contributed by atoms with van der Waals surface area (Å²) in [6.45, 7) is 7.78. The molecule has 1 aliphatic heterocycles. The van der Waals surface area contributed by atoms with E-state index in [2.05, 4.69) is 45.0 Å². The van der Waals surface area contributed by atoms with Gasteiger partial charge in [0.2, 0.25) is 5.91 Å². The number of hydrogen-bond acceptors (Lipinski definition) is 2. The van der Waals surface area contributed by atoms with Crippen LogP contribution in [-0.2, 0) is 11.3 Å². The largest absolute Gasteiger partial charge is 0.356 e. The Kier molecular flexibility index (Phi) is 6.87. The lowest BCUT2D eigenvalue weighted by atomic mass is 9.93. The number of likely N-dealkylation sites (tertiary alicyclic amines) is 1. The Labute approximate surface area is 159 Å². The first-order valence-electron chi connectivity index (χ1n) is 8.75. The van der Waals surface area contributed by atoms with E-state index in [1.165, 1.54) is 6.42 Å². The number of halogens is 1. The van der Waals surface area contributed by atoms with E-state index in [0.29, 0.717) is 24.9 Å². The van der Waals surface area contributed by atoms with Crippen LogP contribution in [0, 0.1) is 5.41 Å². The van der Waals surface area contributed by atoms with Crippen LogP contribution in [0.5, 0.6) is 0 Å². The van der Waals surface area contributed by atoms with Crippen molar-refractivity contribution in [3.05, 3.63) is 34.3 Å². The molecule has 0 unspecified atom stereocenters. The molecule has 1 aromatic rings. The fourth-order valence-electron chi connectivity index (χ4n) is 3.07. The normalized spacial score (nSPS) is 16.8. The minimum Gasteiger partial charge on any atom is -0.356 e. The number of carbonyl (C=O) groups is 1. The molecule has 1 N–H and O–H groups in total. The van der Waals surface area contributed by atoms with E-state index in [9.17, 15) is 4.79 Å². The zero-order valence-electron chi connectivity index (χ0n) is 15.7. The van der Waals surface area contributed by atoms with Crippen LogP contribution in [0.2, 0.25) is 0 Å². The number of benzene rings is 1. The van der Waals surface area contributed by atoms with Gasteiger partial charge in [0, 0.05) is 51.2 Å². The second-order valence-electron chi connectivity index (χ2n) is 7.40. The van der Waals surface area contributed by atoms with Gasteiger partial charge < -0.3 is 15.1 Å². The van der Waals surface area contributed by atoms with E-state index in [1.54, 1.807) is 11.9 Å². The monoisotopic (exact) mass is 408 g/mol. The van der Waals surface area contributed by atoms with E-state index < -0.39 is 0 Å². The van der Waals surface area contributed by atoms with Crippen LogP contribution in [-0.4, -0.2) is 55.4 Å². The highest BCUT2D eigenvalue weighted by Gasteiger charge is 2.30. The zero-order chi connectivity index (χ0) is 18.4. The van der Waals surface area contributed by atoms with Gasteiger partial charge in [-0.1, -0.05) is 48.0 Å². The maximum absolute atomic E-state index is 12.4. The average Bonchev–Trinajstić information content (AvgIpc) is 2.93. The Balaban J connectivity index is 1.78. The van der Waals surface area contributed by atoms with Gasteiger partial charge in [-0.15, -0.1) is 0 Å². The highest BCUT2D eigenvalue weighted by Crippen LogP contribution is 2.28. The average molecular weight is 409 g/mol. The predicted octanol–water partition coefficient (Wildman–Crippen LogP) is 3.10. The van der Waals surface area contributed by atoms with Gasteiger partial charge in [-0.25, -0.2) is 0 Å². The lowest BCUT2D eigenvalue weighted by Gasteiger charge is -2.24. The lowest BCUT2D eigenvalue weighted by molar-refractivity contribution is -0.130. The topological polar surface area (TPSA) is 47.9 Å². The molecular formula is C19H29BrN4O. The summed E-state index contributed by atoms with van der Waals surface area (Å²) < 4.78 is 1.03. The van der Waals surface area contributed by atoms with Crippen LogP contribution < -0.4 is 5.32 Å². The molecule has 2 rings (SSSR count). The first-order chi connectivity index (χ1) is 11.8. The Morgan fingerprint density at radius 2 is 2.12 bits per heavy atom. The number of rotatable bonds is 5. The highest BCUT2D eigenvalue weighted by molar-refractivity contribution is 9.10. The molecule has 25 heavy (non-hydrogen) atoms. The van der Waals surface area contributed by atoms with Gasteiger partial charge in [0.25, 0.3) is 0 Å². The van der Waals surface area contributed by atoms with Crippen molar-refractivity contribution < 1.29 is 4.79 Å². The van der Waals surface area contributed by atoms with Crippen molar-refractivity contribution in [2.75, 3.05) is 33.7 Å². The molecule has 0 spiro atoms. The molecule has 5 nitrogen and oxygen atoms in total. The molecule has 6 heteroatoms. The number of aliphatic imine (C=N–C) groups is 1. The fourth-order valence-corrected chi connectivity index (χ4v) is 3.48. The van der Waals surface area contributed by atoms with E-state index in [1.807, 2.05) is 31.3 Å². The van der Waals surface area contributed by atoms with Gasteiger partial charge >= 0.3 is 0 Å². The second-order valence-corrected chi connectivity index (χ2v) is 8.26. The van der Waals surface area contributed by atoms with Crippen LogP contribution in [0.4, 0.5) is 0 Å². The van der Waals surface area contributed by atoms with Crippen LogP contribution in [0.3, 0.4) is 0 Å². The lowest BCUT2D eigenvalue weighted by Crippen LogP contribution is -2.42. The molecule has 1 aromatic carbocycles. The molecule has 1 aliphatic rings. The smallest absolute Gasteiger partial charge is 0.224 e. The standard InChI is InChI=1S/C19H29BrN4O/c1-19(2)10-12-24(14-19)18(21-3)22-11-9-17(25)23(4)13-15-7-5-6-8-16(15)20/h5-8H,9-14H2,1-4H3,(H,21,22). The summed E-state index contributed by atoms with van der Waals surface area (Å²) in [7, 11) is 3.65. The summed E-state index contributed by atoms with van der Waals surface area (Å²) in [6, 6.07) is 7.99. The van der Waals surface area contributed by atoms with E-state index in [-0.39, 0.29) is 5.91 Å². The van der Waals surface area contributed by atoms with Gasteiger partial charge in [0.1, 0.15) is 0 Å². The summed E-state index contributed by atoms with van der Waals surface area (Å²) in [4.78, 5) is 20.8. The van der Waals surface area contributed by atoms with Crippen molar-refractivity contribution in [2.45, 2.75) is 33.2 Å². The summed E-state index contributed by atoms with van der Waals surface area (Å²) in [5.74, 6) is 1.02. The Morgan fingerprint density at radius 1 is 1.40 bits per heavy atom. The zero-order valence-corrected chi connectivity index (χ0v) is 17.3. The molecule has 1 saturated heterocycles. The summed E-state index contributed by atoms with van der Waals surface area (Å²) in [6.07, 6.45) is 1.62. The minimum absolute atomic E-state index is 0.125. The van der Waals surface area contributed by atoms with Crippen molar-refractivity contribution in [3.63, 3.8) is 0 Å². The number of amides is 1. The van der Waals surface area contributed by atoms with Crippen LogP contribution >= 0.6 is 15.9 Å². The number of nitrogens with zero attached hydrogens (tertiary/aromatic N) is 3.